The fourth-order valence-electron chi connectivity index (χ4n) is 1.12. The predicted molar refractivity (Wildman–Crippen MR) is 60.0 cm³/mol. The van der Waals surface area contributed by atoms with Gasteiger partial charge in [-0.15, -0.1) is 0 Å². The highest BCUT2D eigenvalue weighted by Crippen LogP contribution is 2.05. The lowest BCUT2D eigenvalue weighted by molar-refractivity contribution is 0.0482. The molecule has 0 N–H and O–H groups in total. The second-order valence-electron chi connectivity index (χ2n) is 3.63. The maximum absolute atomic E-state index is 11.5. The highest BCUT2D eigenvalue weighted by Gasteiger charge is 2.07. The molecule has 0 amide bonds. The molecule has 4 heteroatoms. The van der Waals surface area contributed by atoms with Crippen LogP contribution < -0.4 is 0 Å². The Hall–Kier alpha value is -1.86. The van der Waals surface area contributed by atoms with Crippen molar-refractivity contribution in [2.45, 2.75) is 0 Å². The minimum Gasteiger partial charge on any atom is -0.461 e. The molecule has 1 aromatic carbocycles. The summed E-state index contributed by atoms with van der Waals surface area (Å²) in [7, 11) is 3.81. The first-order valence-electron chi connectivity index (χ1n) is 4.95. The number of benzene rings is 1. The van der Waals surface area contributed by atoms with Crippen molar-refractivity contribution < 1.29 is 9.53 Å². The molecule has 0 aliphatic carbocycles. The van der Waals surface area contributed by atoms with Gasteiger partial charge in [0.2, 0.25) is 0 Å². The van der Waals surface area contributed by atoms with E-state index in [2.05, 4.69) is 0 Å². The van der Waals surface area contributed by atoms with E-state index in [4.69, 9.17) is 10.00 Å². The number of carbonyl (C=O) groups is 1. The van der Waals surface area contributed by atoms with Gasteiger partial charge in [0.05, 0.1) is 17.2 Å². The van der Waals surface area contributed by atoms with Gasteiger partial charge in [-0.3, -0.25) is 0 Å². The molecule has 0 saturated carbocycles. The topological polar surface area (TPSA) is 53.3 Å². The van der Waals surface area contributed by atoms with E-state index < -0.39 is 0 Å². The van der Waals surface area contributed by atoms with Gasteiger partial charge < -0.3 is 9.64 Å². The summed E-state index contributed by atoms with van der Waals surface area (Å²) in [5.74, 6) is -0.390. The van der Waals surface area contributed by atoms with Crippen LogP contribution in [-0.4, -0.2) is 38.1 Å². The van der Waals surface area contributed by atoms with E-state index in [9.17, 15) is 4.79 Å². The highest BCUT2D eigenvalue weighted by molar-refractivity contribution is 5.89. The average Bonchev–Trinajstić information content (AvgIpc) is 2.28. The molecule has 0 saturated heterocycles. The number of hydrogen-bond donors (Lipinski definition) is 0. The van der Waals surface area contributed by atoms with Gasteiger partial charge in [-0.25, -0.2) is 4.79 Å². The molecule has 0 bridgehead atoms. The Balaban J connectivity index is 2.56. The zero-order chi connectivity index (χ0) is 12.0. The Labute approximate surface area is 95.0 Å². The summed E-state index contributed by atoms with van der Waals surface area (Å²) in [5.41, 5.74) is 0.875. The number of carbonyl (C=O) groups excluding carboxylic acids is 1. The third-order valence-corrected chi connectivity index (χ3v) is 2.00. The molecule has 16 heavy (non-hydrogen) atoms. The predicted octanol–water partition coefficient (Wildman–Crippen LogP) is 1.28. The second-order valence-corrected chi connectivity index (χ2v) is 3.63. The first-order valence-corrected chi connectivity index (χ1v) is 4.95. The monoisotopic (exact) mass is 218 g/mol. The van der Waals surface area contributed by atoms with Gasteiger partial charge in [0.1, 0.15) is 6.61 Å². The smallest absolute Gasteiger partial charge is 0.338 e. The highest BCUT2D eigenvalue weighted by atomic mass is 16.5. The van der Waals surface area contributed by atoms with Crippen molar-refractivity contribution in [1.82, 2.24) is 4.90 Å². The molecule has 0 heterocycles. The van der Waals surface area contributed by atoms with Crippen LogP contribution in [0.4, 0.5) is 0 Å². The molecule has 4 nitrogen and oxygen atoms in total. The van der Waals surface area contributed by atoms with Gasteiger partial charge in [-0.2, -0.15) is 5.26 Å². The Bertz CT molecular complexity index is 408. The van der Waals surface area contributed by atoms with Crippen LogP contribution in [0.15, 0.2) is 24.3 Å². The molecule has 1 aromatic rings. The molecular formula is C12H14N2O2. The van der Waals surface area contributed by atoms with E-state index in [1.165, 1.54) is 6.07 Å². The van der Waals surface area contributed by atoms with E-state index in [0.29, 0.717) is 24.3 Å². The SMILES string of the molecule is CN(C)CCOC(=O)c1cccc(C#N)c1. The standard InChI is InChI=1S/C12H14N2O2/c1-14(2)6-7-16-12(15)11-5-3-4-10(8-11)9-13/h3-5,8H,6-7H2,1-2H3. The van der Waals surface area contributed by atoms with E-state index in [-0.39, 0.29) is 5.97 Å². The molecular weight excluding hydrogens is 204 g/mol. The molecule has 0 spiro atoms. The second kappa shape index (κ2) is 5.89. The van der Waals surface area contributed by atoms with Crippen LogP contribution in [0.5, 0.6) is 0 Å². The first kappa shape index (κ1) is 12.2. The van der Waals surface area contributed by atoms with Crippen LogP contribution in [0.3, 0.4) is 0 Å². The minimum absolute atomic E-state index is 0.350. The lowest BCUT2D eigenvalue weighted by Crippen LogP contribution is -2.20. The van der Waals surface area contributed by atoms with Crippen molar-refractivity contribution in [3.8, 4) is 6.07 Å². The molecule has 0 radical (unpaired) electrons. The third kappa shape index (κ3) is 3.71. The Morgan fingerprint density at radius 2 is 2.25 bits per heavy atom. The van der Waals surface area contributed by atoms with Gasteiger partial charge >= 0.3 is 5.97 Å². The van der Waals surface area contributed by atoms with Crippen molar-refractivity contribution in [3.05, 3.63) is 35.4 Å². The van der Waals surface area contributed by atoms with Gasteiger partial charge in [0, 0.05) is 6.54 Å². The number of nitriles is 1. The largest absolute Gasteiger partial charge is 0.461 e. The maximum Gasteiger partial charge on any atom is 0.338 e. The van der Waals surface area contributed by atoms with Gasteiger partial charge in [-0.1, -0.05) is 6.07 Å². The number of rotatable bonds is 4. The van der Waals surface area contributed by atoms with Crippen LogP contribution in [0.1, 0.15) is 15.9 Å². The maximum atomic E-state index is 11.5. The fourth-order valence-corrected chi connectivity index (χ4v) is 1.12. The third-order valence-electron chi connectivity index (χ3n) is 2.00. The Kier molecular flexibility index (Phi) is 4.49. The van der Waals surface area contributed by atoms with Crippen molar-refractivity contribution in [3.63, 3.8) is 0 Å². The summed E-state index contributed by atoms with van der Waals surface area (Å²) in [6, 6.07) is 8.46. The number of nitrogens with zero attached hydrogens (tertiary/aromatic N) is 2. The lowest BCUT2D eigenvalue weighted by Gasteiger charge is -2.09. The number of ether oxygens (including phenoxy) is 1. The zero-order valence-corrected chi connectivity index (χ0v) is 9.43. The van der Waals surface area contributed by atoms with Crippen molar-refractivity contribution in [2.75, 3.05) is 27.2 Å². The number of likely N-dealkylation sites (N-methyl/N-ethyl adjacent to an activating group) is 1. The van der Waals surface area contributed by atoms with Crippen LogP contribution in [0, 0.1) is 11.3 Å². The minimum atomic E-state index is -0.390. The fraction of sp³-hybridized carbons (Fsp3) is 0.333. The van der Waals surface area contributed by atoms with Crippen LogP contribution in [0.2, 0.25) is 0 Å². The number of esters is 1. The normalized spacial score (nSPS) is 9.88. The van der Waals surface area contributed by atoms with Crippen molar-refractivity contribution in [2.24, 2.45) is 0 Å². The van der Waals surface area contributed by atoms with Gasteiger partial charge in [0.25, 0.3) is 0 Å². The number of hydrogen-bond acceptors (Lipinski definition) is 4. The summed E-state index contributed by atoms with van der Waals surface area (Å²) in [5, 5.41) is 8.68. The van der Waals surface area contributed by atoms with E-state index in [1.54, 1.807) is 18.2 Å². The molecule has 0 aliphatic heterocycles. The molecule has 0 unspecified atom stereocenters. The van der Waals surface area contributed by atoms with E-state index >= 15 is 0 Å². The van der Waals surface area contributed by atoms with Crippen molar-refractivity contribution in [1.29, 1.82) is 5.26 Å². The summed E-state index contributed by atoms with van der Waals surface area (Å²) in [6.07, 6.45) is 0. The van der Waals surface area contributed by atoms with Gasteiger partial charge in [-0.05, 0) is 32.3 Å². The lowest BCUT2D eigenvalue weighted by atomic mass is 10.1. The van der Waals surface area contributed by atoms with Gasteiger partial charge in [0.15, 0.2) is 0 Å². The summed E-state index contributed by atoms with van der Waals surface area (Å²) < 4.78 is 5.05. The summed E-state index contributed by atoms with van der Waals surface area (Å²) in [6.45, 7) is 1.03. The molecule has 0 aliphatic rings. The molecule has 0 atom stereocenters. The Morgan fingerprint density at radius 1 is 1.50 bits per heavy atom. The zero-order valence-electron chi connectivity index (χ0n) is 9.43. The van der Waals surface area contributed by atoms with Crippen LogP contribution in [0.25, 0.3) is 0 Å². The van der Waals surface area contributed by atoms with E-state index in [1.807, 2.05) is 25.1 Å². The molecule has 0 fully saturated rings. The summed E-state index contributed by atoms with van der Waals surface area (Å²) in [4.78, 5) is 13.5. The molecule has 84 valence electrons. The molecule has 0 aromatic heterocycles. The quantitative estimate of drug-likeness (QED) is 0.714. The van der Waals surface area contributed by atoms with Crippen LogP contribution >= 0.6 is 0 Å². The Morgan fingerprint density at radius 3 is 2.88 bits per heavy atom. The average molecular weight is 218 g/mol. The van der Waals surface area contributed by atoms with Crippen molar-refractivity contribution >= 4 is 5.97 Å². The first-order chi connectivity index (χ1) is 7.63. The van der Waals surface area contributed by atoms with Crippen LogP contribution in [-0.2, 0) is 4.74 Å². The molecule has 1 rings (SSSR count). The summed E-state index contributed by atoms with van der Waals surface area (Å²) >= 11 is 0. The van der Waals surface area contributed by atoms with E-state index in [0.717, 1.165) is 0 Å².